The van der Waals surface area contributed by atoms with Gasteiger partial charge in [0.15, 0.2) is 0 Å². The van der Waals surface area contributed by atoms with Crippen LogP contribution < -0.4 is 5.32 Å². The number of hydrogen-bond acceptors (Lipinski definition) is 2. The fraction of sp³-hybridized carbons (Fsp3) is 0.231. The van der Waals surface area contributed by atoms with Gasteiger partial charge in [0, 0.05) is 27.0 Å². The number of hydrogen-bond donors (Lipinski definition) is 1. The average Bonchev–Trinajstić information content (AvgIpc) is 2.66. The van der Waals surface area contributed by atoms with E-state index < -0.39 is 0 Å². The zero-order valence-electron chi connectivity index (χ0n) is 9.71. The van der Waals surface area contributed by atoms with Gasteiger partial charge in [-0.15, -0.1) is 11.3 Å². The van der Waals surface area contributed by atoms with E-state index >= 15 is 0 Å². The van der Waals surface area contributed by atoms with Gasteiger partial charge in [0.2, 0.25) is 0 Å². The highest BCUT2D eigenvalue weighted by molar-refractivity contribution is 9.13. The largest absolute Gasteiger partial charge is 0.305 e. The van der Waals surface area contributed by atoms with Gasteiger partial charge in [-0.3, -0.25) is 0 Å². The molecule has 96 valence electrons. The molecule has 0 saturated carbocycles. The van der Waals surface area contributed by atoms with Gasteiger partial charge in [0.05, 0.1) is 3.79 Å². The van der Waals surface area contributed by atoms with Gasteiger partial charge in [-0.1, -0.05) is 29.8 Å². The SMILES string of the molecule is CC(NCc1cc(Br)c(Br)s1)c1ccccc1Cl. The third-order valence-electron chi connectivity index (χ3n) is 2.65. The fourth-order valence-corrected chi connectivity index (χ4v) is 4.10. The van der Waals surface area contributed by atoms with Gasteiger partial charge in [-0.05, 0) is 56.5 Å². The Hall–Kier alpha value is 0.130. The first kappa shape index (κ1) is 14.5. The molecule has 1 atom stereocenters. The molecule has 2 aromatic rings. The summed E-state index contributed by atoms with van der Waals surface area (Å²) in [6, 6.07) is 10.3. The van der Waals surface area contributed by atoms with Crippen LogP contribution in [0.3, 0.4) is 0 Å². The van der Waals surface area contributed by atoms with Crippen LogP contribution in [-0.2, 0) is 6.54 Å². The summed E-state index contributed by atoms with van der Waals surface area (Å²) in [5.41, 5.74) is 1.13. The Morgan fingerprint density at radius 2 is 2.06 bits per heavy atom. The second kappa shape index (κ2) is 6.53. The normalized spacial score (nSPS) is 12.7. The van der Waals surface area contributed by atoms with Gasteiger partial charge in [-0.2, -0.15) is 0 Å². The highest BCUT2D eigenvalue weighted by atomic mass is 79.9. The molecule has 0 aliphatic carbocycles. The van der Waals surface area contributed by atoms with Crippen LogP contribution in [0.15, 0.2) is 38.6 Å². The van der Waals surface area contributed by atoms with Crippen LogP contribution in [0.2, 0.25) is 5.02 Å². The van der Waals surface area contributed by atoms with Crippen molar-refractivity contribution in [2.45, 2.75) is 19.5 Å². The molecule has 0 amide bonds. The van der Waals surface area contributed by atoms with Crippen LogP contribution in [0.4, 0.5) is 0 Å². The molecule has 0 spiro atoms. The van der Waals surface area contributed by atoms with Crippen LogP contribution >= 0.6 is 54.8 Å². The maximum Gasteiger partial charge on any atom is 0.0843 e. The third kappa shape index (κ3) is 3.58. The van der Waals surface area contributed by atoms with Crippen molar-refractivity contribution in [2.24, 2.45) is 0 Å². The van der Waals surface area contributed by atoms with E-state index in [-0.39, 0.29) is 6.04 Å². The monoisotopic (exact) mass is 407 g/mol. The quantitative estimate of drug-likeness (QED) is 0.675. The highest BCUT2D eigenvalue weighted by Crippen LogP contribution is 2.32. The van der Waals surface area contributed by atoms with Crippen molar-refractivity contribution in [3.63, 3.8) is 0 Å². The second-order valence-electron chi connectivity index (χ2n) is 3.96. The minimum Gasteiger partial charge on any atom is -0.305 e. The summed E-state index contributed by atoms with van der Waals surface area (Å²) >= 11 is 14.9. The first-order valence-corrected chi connectivity index (χ1v) is 8.27. The molecule has 5 heteroatoms. The predicted octanol–water partition coefficient (Wildman–Crippen LogP) is 5.78. The van der Waals surface area contributed by atoms with Crippen molar-refractivity contribution in [2.75, 3.05) is 0 Å². The van der Waals surface area contributed by atoms with Gasteiger partial charge in [0.1, 0.15) is 0 Å². The summed E-state index contributed by atoms with van der Waals surface area (Å²) in [5.74, 6) is 0. The summed E-state index contributed by atoms with van der Waals surface area (Å²) in [6.07, 6.45) is 0. The maximum atomic E-state index is 6.18. The van der Waals surface area contributed by atoms with Crippen LogP contribution in [0.5, 0.6) is 0 Å². The summed E-state index contributed by atoms with van der Waals surface area (Å²) in [6.45, 7) is 2.96. The van der Waals surface area contributed by atoms with E-state index in [1.807, 2.05) is 18.2 Å². The highest BCUT2D eigenvalue weighted by Gasteiger charge is 2.10. The van der Waals surface area contributed by atoms with Crippen molar-refractivity contribution in [3.8, 4) is 0 Å². The molecule has 0 fully saturated rings. The fourth-order valence-electron chi connectivity index (χ4n) is 1.67. The number of halogens is 3. The molecule has 1 nitrogen and oxygen atoms in total. The zero-order valence-corrected chi connectivity index (χ0v) is 14.5. The first-order valence-electron chi connectivity index (χ1n) is 5.49. The Labute approximate surface area is 133 Å². The van der Waals surface area contributed by atoms with Gasteiger partial charge in [0.25, 0.3) is 0 Å². The van der Waals surface area contributed by atoms with Crippen molar-refractivity contribution in [1.29, 1.82) is 0 Å². The van der Waals surface area contributed by atoms with E-state index in [9.17, 15) is 0 Å². The summed E-state index contributed by atoms with van der Waals surface area (Å²) in [7, 11) is 0. The van der Waals surface area contributed by atoms with Crippen LogP contribution in [0, 0.1) is 0 Å². The lowest BCUT2D eigenvalue weighted by Gasteiger charge is -2.14. The Balaban J connectivity index is 2.00. The average molecular weight is 410 g/mol. The summed E-state index contributed by atoms with van der Waals surface area (Å²) < 4.78 is 2.24. The Bertz CT molecular complexity index is 522. The number of benzene rings is 1. The minimum absolute atomic E-state index is 0.235. The van der Waals surface area contributed by atoms with Crippen LogP contribution in [0.25, 0.3) is 0 Å². The molecule has 1 heterocycles. The van der Waals surface area contributed by atoms with Crippen molar-refractivity contribution in [3.05, 3.63) is 54.1 Å². The Kier molecular flexibility index (Phi) is 5.27. The summed E-state index contributed by atoms with van der Waals surface area (Å²) in [5, 5.41) is 4.29. The topological polar surface area (TPSA) is 12.0 Å². The molecular formula is C13H12Br2ClNS. The van der Waals surface area contributed by atoms with E-state index in [2.05, 4.69) is 56.2 Å². The number of thiophene rings is 1. The lowest BCUT2D eigenvalue weighted by Crippen LogP contribution is -2.17. The molecule has 2 rings (SSSR count). The Morgan fingerprint density at radius 1 is 1.33 bits per heavy atom. The molecule has 0 aliphatic rings. The van der Waals surface area contributed by atoms with Crippen molar-refractivity contribution >= 4 is 54.8 Å². The Morgan fingerprint density at radius 3 is 2.67 bits per heavy atom. The van der Waals surface area contributed by atoms with E-state index in [1.54, 1.807) is 11.3 Å². The lowest BCUT2D eigenvalue weighted by molar-refractivity contribution is 0.579. The number of rotatable bonds is 4. The summed E-state index contributed by atoms with van der Waals surface area (Å²) in [4.78, 5) is 1.28. The van der Waals surface area contributed by atoms with Crippen LogP contribution in [0.1, 0.15) is 23.4 Å². The molecule has 0 bridgehead atoms. The van der Waals surface area contributed by atoms with E-state index in [4.69, 9.17) is 11.6 Å². The van der Waals surface area contributed by atoms with Crippen LogP contribution in [-0.4, -0.2) is 0 Å². The molecule has 18 heavy (non-hydrogen) atoms. The van der Waals surface area contributed by atoms with Gasteiger partial charge in [-0.25, -0.2) is 0 Å². The third-order valence-corrected chi connectivity index (χ3v) is 6.25. The van der Waals surface area contributed by atoms with E-state index in [0.29, 0.717) is 0 Å². The van der Waals surface area contributed by atoms with E-state index in [0.717, 1.165) is 25.4 Å². The molecule has 0 aliphatic heterocycles. The van der Waals surface area contributed by atoms with Gasteiger partial charge < -0.3 is 5.32 Å². The standard InChI is InChI=1S/C13H12Br2ClNS/c1-8(10-4-2-3-5-12(10)16)17-7-9-6-11(14)13(15)18-9/h2-6,8,17H,7H2,1H3. The molecule has 1 aromatic heterocycles. The predicted molar refractivity (Wildman–Crippen MR) is 86.4 cm³/mol. The minimum atomic E-state index is 0.235. The zero-order chi connectivity index (χ0) is 13.1. The molecule has 1 aromatic carbocycles. The van der Waals surface area contributed by atoms with Gasteiger partial charge >= 0.3 is 0 Å². The number of nitrogens with one attached hydrogen (secondary N) is 1. The smallest absolute Gasteiger partial charge is 0.0843 e. The lowest BCUT2D eigenvalue weighted by atomic mass is 10.1. The molecule has 1 N–H and O–H groups in total. The first-order chi connectivity index (χ1) is 8.58. The molecule has 1 unspecified atom stereocenters. The van der Waals surface area contributed by atoms with Crippen molar-refractivity contribution in [1.82, 2.24) is 5.32 Å². The van der Waals surface area contributed by atoms with Crippen molar-refractivity contribution < 1.29 is 0 Å². The molecule has 0 radical (unpaired) electrons. The maximum absolute atomic E-state index is 6.18. The molecular weight excluding hydrogens is 397 g/mol. The second-order valence-corrected chi connectivity index (χ2v) is 7.67. The van der Waals surface area contributed by atoms with E-state index in [1.165, 1.54) is 4.88 Å². The molecule has 0 saturated heterocycles.